The smallest absolute Gasteiger partial charge is 0.411 e. The van der Waals surface area contributed by atoms with E-state index in [0.29, 0.717) is 12.2 Å². The lowest BCUT2D eigenvalue weighted by molar-refractivity contribution is -0.117. The van der Waals surface area contributed by atoms with Gasteiger partial charge >= 0.3 is 6.09 Å². The highest BCUT2D eigenvalue weighted by Gasteiger charge is 2.26. The van der Waals surface area contributed by atoms with E-state index in [1.165, 1.54) is 0 Å². The van der Waals surface area contributed by atoms with Crippen molar-refractivity contribution in [2.75, 3.05) is 29.9 Å². The number of fused-ring (bicyclic) bond motifs is 2. The van der Waals surface area contributed by atoms with E-state index in [4.69, 9.17) is 9.84 Å². The molecule has 0 spiro atoms. The van der Waals surface area contributed by atoms with Gasteiger partial charge in [0.15, 0.2) is 0 Å². The maximum absolute atomic E-state index is 13.1. The third-order valence-corrected chi connectivity index (χ3v) is 4.63. The summed E-state index contributed by atoms with van der Waals surface area (Å²) < 4.78 is 5.15. The van der Waals surface area contributed by atoms with Crippen molar-refractivity contribution in [1.29, 1.82) is 0 Å². The van der Waals surface area contributed by atoms with Gasteiger partial charge in [0.25, 0.3) is 0 Å². The number of rotatable bonds is 6. The van der Waals surface area contributed by atoms with Crippen LogP contribution in [0.25, 0.3) is 0 Å². The standard InChI is InChI=1S/C22H27N3O4.ClH/c1-15(2)29-22(28)24-18-10-9-17-8-7-16-5-3-4-6-19(16)25(20(17)13-18)21(27)14-23-11-12-26;/h3-6,9-10,13,15,23,26H,7-8,11-12,14H2,1-2H3,(H,24,28);1H. The van der Waals surface area contributed by atoms with Crippen LogP contribution < -0.4 is 15.5 Å². The molecule has 0 radical (unpaired) electrons. The van der Waals surface area contributed by atoms with Crippen molar-refractivity contribution >= 4 is 41.5 Å². The van der Waals surface area contributed by atoms with Crippen LogP contribution >= 0.6 is 12.4 Å². The number of nitrogens with one attached hydrogen (secondary N) is 2. The third-order valence-electron chi connectivity index (χ3n) is 4.63. The van der Waals surface area contributed by atoms with Crippen LogP contribution in [0, 0.1) is 0 Å². The van der Waals surface area contributed by atoms with Crippen LogP contribution in [0.1, 0.15) is 25.0 Å². The van der Waals surface area contributed by atoms with Gasteiger partial charge < -0.3 is 15.2 Å². The summed E-state index contributed by atoms with van der Waals surface area (Å²) in [4.78, 5) is 26.8. The molecule has 2 aromatic rings. The van der Waals surface area contributed by atoms with Gasteiger partial charge in [0, 0.05) is 12.2 Å². The van der Waals surface area contributed by atoms with Gasteiger partial charge in [0.2, 0.25) is 5.91 Å². The monoisotopic (exact) mass is 433 g/mol. The van der Waals surface area contributed by atoms with Crippen molar-refractivity contribution in [3.63, 3.8) is 0 Å². The number of hydrogen-bond acceptors (Lipinski definition) is 5. The second-order valence-electron chi connectivity index (χ2n) is 7.18. The van der Waals surface area contributed by atoms with Gasteiger partial charge in [0.1, 0.15) is 0 Å². The zero-order valence-electron chi connectivity index (χ0n) is 17.2. The number of halogens is 1. The average Bonchev–Trinajstić information content (AvgIpc) is 2.84. The molecule has 8 heteroatoms. The van der Waals surface area contributed by atoms with Crippen molar-refractivity contribution < 1.29 is 19.4 Å². The number of benzene rings is 2. The molecule has 0 fully saturated rings. The molecule has 2 aromatic carbocycles. The Morgan fingerprint density at radius 3 is 2.50 bits per heavy atom. The molecule has 0 unspecified atom stereocenters. The zero-order chi connectivity index (χ0) is 20.8. The topological polar surface area (TPSA) is 90.9 Å². The lowest BCUT2D eigenvalue weighted by Crippen LogP contribution is -2.36. The van der Waals surface area contributed by atoms with Crippen LogP contribution in [-0.4, -0.2) is 42.9 Å². The number of ether oxygens (including phenoxy) is 1. The Bertz CT molecular complexity index is 888. The molecule has 3 rings (SSSR count). The molecule has 0 saturated carbocycles. The molecular formula is C22H28ClN3O4. The van der Waals surface area contributed by atoms with Gasteiger partial charge in [-0.25, -0.2) is 4.79 Å². The molecule has 1 heterocycles. The molecule has 7 nitrogen and oxygen atoms in total. The summed E-state index contributed by atoms with van der Waals surface area (Å²) in [7, 11) is 0. The number of aryl methyl sites for hydroxylation is 2. The van der Waals surface area contributed by atoms with E-state index in [1.807, 2.05) is 42.5 Å². The molecule has 2 amide bonds. The van der Waals surface area contributed by atoms with E-state index in [-0.39, 0.29) is 37.6 Å². The number of carbonyl (C=O) groups is 2. The predicted molar refractivity (Wildman–Crippen MR) is 120 cm³/mol. The van der Waals surface area contributed by atoms with Crippen LogP contribution in [0.15, 0.2) is 42.5 Å². The molecule has 1 aliphatic rings. The molecule has 0 bridgehead atoms. The summed E-state index contributed by atoms with van der Waals surface area (Å²) in [5.41, 5.74) is 4.26. The first-order chi connectivity index (χ1) is 14.0. The van der Waals surface area contributed by atoms with Crippen molar-refractivity contribution in [3.05, 3.63) is 53.6 Å². The Labute approximate surface area is 182 Å². The van der Waals surface area contributed by atoms with E-state index in [9.17, 15) is 9.59 Å². The van der Waals surface area contributed by atoms with E-state index < -0.39 is 6.09 Å². The highest BCUT2D eigenvalue weighted by Crippen LogP contribution is 2.37. The first-order valence-corrected chi connectivity index (χ1v) is 9.82. The van der Waals surface area contributed by atoms with E-state index in [1.54, 1.807) is 18.7 Å². The first-order valence-electron chi connectivity index (χ1n) is 9.82. The van der Waals surface area contributed by atoms with Crippen molar-refractivity contribution in [1.82, 2.24) is 5.32 Å². The molecule has 1 aliphatic heterocycles. The Morgan fingerprint density at radius 1 is 1.10 bits per heavy atom. The zero-order valence-corrected chi connectivity index (χ0v) is 18.0. The Morgan fingerprint density at radius 2 is 1.80 bits per heavy atom. The van der Waals surface area contributed by atoms with Crippen LogP contribution in [0.4, 0.5) is 21.9 Å². The number of anilines is 3. The lowest BCUT2D eigenvalue weighted by atomic mass is 10.0. The summed E-state index contributed by atoms with van der Waals surface area (Å²) in [6, 6.07) is 13.4. The Hall–Kier alpha value is -2.61. The van der Waals surface area contributed by atoms with Crippen molar-refractivity contribution in [2.45, 2.75) is 32.8 Å². The quantitative estimate of drug-likeness (QED) is 0.607. The Kier molecular flexibility index (Phi) is 8.65. The van der Waals surface area contributed by atoms with Gasteiger partial charge in [-0.1, -0.05) is 24.3 Å². The summed E-state index contributed by atoms with van der Waals surface area (Å²) in [5.74, 6) is -0.129. The number of aliphatic hydroxyl groups excluding tert-OH is 1. The third kappa shape index (κ3) is 5.72. The molecular weight excluding hydrogens is 406 g/mol. The second kappa shape index (κ2) is 11.0. The van der Waals surface area contributed by atoms with Gasteiger partial charge in [-0.15, -0.1) is 12.4 Å². The van der Waals surface area contributed by atoms with E-state index >= 15 is 0 Å². The number of aliphatic hydroxyl groups is 1. The summed E-state index contributed by atoms with van der Waals surface area (Å²) in [6.45, 7) is 3.98. The number of para-hydroxylation sites is 1. The normalized spacial score (nSPS) is 12.3. The minimum atomic E-state index is -0.531. The fraction of sp³-hybridized carbons (Fsp3) is 0.364. The van der Waals surface area contributed by atoms with Gasteiger partial charge in [-0.3, -0.25) is 15.0 Å². The average molecular weight is 434 g/mol. The van der Waals surface area contributed by atoms with Crippen LogP contribution in [0.3, 0.4) is 0 Å². The minimum absolute atomic E-state index is 0. The van der Waals surface area contributed by atoms with E-state index in [2.05, 4.69) is 10.6 Å². The van der Waals surface area contributed by atoms with Crippen LogP contribution in [-0.2, 0) is 22.4 Å². The highest BCUT2D eigenvalue weighted by molar-refractivity contribution is 6.04. The first kappa shape index (κ1) is 23.7. The van der Waals surface area contributed by atoms with Gasteiger partial charge in [-0.2, -0.15) is 0 Å². The SMILES string of the molecule is CC(C)OC(=O)Nc1ccc2c(c1)N(C(=O)CNCCO)c1ccccc1CC2.Cl. The van der Waals surface area contributed by atoms with E-state index in [0.717, 1.165) is 35.3 Å². The fourth-order valence-electron chi connectivity index (χ4n) is 3.38. The molecule has 3 N–H and O–H groups in total. The number of hydrogen-bond donors (Lipinski definition) is 3. The van der Waals surface area contributed by atoms with Crippen LogP contribution in [0.5, 0.6) is 0 Å². The number of carbonyl (C=O) groups excluding carboxylic acids is 2. The molecule has 0 saturated heterocycles. The minimum Gasteiger partial charge on any atom is -0.447 e. The Balaban J connectivity index is 0.00000320. The van der Waals surface area contributed by atoms with Gasteiger partial charge in [-0.05, 0) is 56.0 Å². The number of nitrogens with zero attached hydrogens (tertiary/aromatic N) is 1. The molecule has 30 heavy (non-hydrogen) atoms. The maximum Gasteiger partial charge on any atom is 0.411 e. The number of amides is 2. The molecule has 162 valence electrons. The molecule has 0 aromatic heterocycles. The fourth-order valence-corrected chi connectivity index (χ4v) is 3.38. The largest absolute Gasteiger partial charge is 0.447 e. The summed E-state index contributed by atoms with van der Waals surface area (Å²) in [5, 5.41) is 14.7. The van der Waals surface area contributed by atoms with Gasteiger partial charge in [0.05, 0.1) is 30.6 Å². The molecule has 0 aliphatic carbocycles. The predicted octanol–water partition coefficient (Wildman–Crippen LogP) is 3.41. The van der Waals surface area contributed by atoms with Crippen LogP contribution in [0.2, 0.25) is 0 Å². The lowest BCUT2D eigenvalue weighted by Gasteiger charge is -2.26. The van der Waals surface area contributed by atoms with Crippen molar-refractivity contribution in [2.24, 2.45) is 0 Å². The summed E-state index contributed by atoms with van der Waals surface area (Å²) >= 11 is 0. The maximum atomic E-state index is 13.1. The molecule has 0 atom stereocenters. The van der Waals surface area contributed by atoms with Crippen molar-refractivity contribution in [3.8, 4) is 0 Å². The highest BCUT2D eigenvalue weighted by atomic mass is 35.5. The summed E-state index contributed by atoms with van der Waals surface area (Å²) in [6.07, 6.45) is 0.852. The second-order valence-corrected chi connectivity index (χ2v) is 7.18.